The summed E-state index contributed by atoms with van der Waals surface area (Å²) in [7, 11) is -3.79. The number of amides is 2. The van der Waals surface area contributed by atoms with Crippen LogP contribution in [-0.2, 0) is 14.8 Å². The standard InChI is InChI=1S/C20H23FN4O4S/c1-14(19(26)23-17-5-7-18(8-6-17)30(22,28)29)24-9-11-25(12-10-24)20(27)15-3-2-4-16(21)13-15/h2-8,13-14H,9-12H2,1H3,(H,23,26)(H2,22,28,29). The van der Waals surface area contributed by atoms with Crippen LogP contribution in [0, 0.1) is 5.82 Å². The van der Waals surface area contributed by atoms with E-state index in [1.54, 1.807) is 17.9 Å². The van der Waals surface area contributed by atoms with Gasteiger partial charge in [-0.3, -0.25) is 14.5 Å². The SMILES string of the molecule is CC(C(=O)Nc1ccc(S(N)(=O)=O)cc1)N1CCN(C(=O)c2cccc(F)c2)CC1. The van der Waals surface area contributed by atoms with Gasteiger partial charge in [-0.25, -0.2) is 17.9 Å². The Morgan fingerprint density at radius 3 is 2.27 bits per heavy atom. The zero-order chi connectivity index (χ0) is 21.9. The van der Waals surface area contributed by atoms with E-state index in [0.717, 1.165) is 0 Å². The van der Waals surface area contributed by atoms with Crippen LogP contribution in [0.4, 0.5) is 10.1 Å². The van der Waals surface area contributed by atoms with Crippen LogP contribution in [0.3, 0.4) is 0 Å². The number of sulfonamides is 1. The summed E-state index contributed by atoms with van der Waals surface area (Å²) in [4.78, 5) is 28.6. The van der Waals surface area contributed by atoms with E-state index < -0.39 is 21.9 Å². The summed E-state index contributed by atoms with van der Waals surface area (Å²) in [6.07, 6.45) is 0. The van der Waals surface area contributed by atoms with Gasteiger partial charge in [0.2, 0.25) is 15.9 Å². The third-order valence-corrected chi connectivity index (χ3v) is 5.98. The van der Waals surface area contributed by atoms with Crippen molar-refractivity contribution in [3.8, 4) is 0 Å². The van der Waals surface area contributed by atoms with E-state index in [1.165, 1.54) is 42.5 Å². The van der Waals surface area contributed by atoms with Gasteiger partial charge in [-0.15, -0.1) is 0 Å². The van der Waals surface area contributed by atoms with Crippen LogP contribution in [0.15, 0.2) is 53.4 Å². The van der Waals surface area contributed by atoms with Crippen LogP contribution in [0.2, 0.25) is 0 Å². The predicted molar refractivity (Wildman–Crippen MR) is 110 cm³/mol. The van der Waals surface area contributed by atoms with Gasteiger partial charge in [0, 0.05) is 37.4 Å². The summed E-state index contributed by atoms with van der Waals surface area (Å²) in [5, 5.41) is 7.81. The van der Waals surface area contributed by atoms with Crippen molar-refractivity contribution in [2.75, 3.05) is 31.5 Å². The minimum absolute atomic E-state index is 0.0346. The first-order valence-electron chi connectivity index (χ1n) is 9.38. The van der Waals surface area contributed by atoms with E-state index in [9.17, 15) is 22.4 Å². The maximum Gasteiger partial charge on any atom is 0.254 e. The molecule has 1 unspecified atom stereocenters. The highest BCUT2D eigenvalue weighted by Gasteiger charge is 2.28. The van der Waals surface area contributed by atoms with E-state index in [4.69, 9.17) is 5.14 Å². The summed E-state index contributed by atoms with van der Waals surface area (Å²) >= 11 is 0. The molecule has 0 bridgehead atoms. The maximum atomic E-state index is 13.4. The number of hydrogen-bond donors (Lipinski definition) is 2. The number of hydrogen-bond acceptors (Lipinski definition) is 5. The fourth-order valence-electron chi connectivity index (χ4n) is 3.26. The van der Waals surface area contributed by atoms with Gasteiger partial charge in [0.15, 0.2) is 0 Å². The molecule has 0 aromatic heterocycles. The van der Waals surface area contributed by atoms with E-state index in [-0.39, 0.29) is 16.7 Å². The Kier molecular flexibility index (Phi) is 6.49. The number of nitrogens with zero attached hydrogens (tertiary/aromatic N) is 2. The van der Waals surface area contributed by atoms with Gasteiger partial charge >= 0.3 is 0 Å². The van der Waals surface area contributed by atoms with Gasteiger partial charge < -0.3 is 10.2 Å². The van der Waals surface area contributed by atoms with Gasteiger partial charge in [0.05, 0.1) is 10.9 Å². The van der Waals surface area contributed by atoms with Crippen LogP contribution in [0.25, 0.3) is 0 Å². The van der Waals surface area contributed by atoms with Gasteiger partial charge in [-0.1, -0.05) is 6.07 Å². The predicted octanol–water partition coefficient (Wildman–Crippen LogP) is 1.26. The van der Waals surface area contributed by atoms with Crippen molar-refractivity contribution in [2.45, 2.75) is 17.9 Å². The zero-order valence-electron chi connectivity index (χ0n) is 16.4. The second-order valence-corrected chi connectivity index (χ2v) is 8.63. The maximum absolute atomic E-state index is 13.4. The monoisotopic (exact) mass is 434 g/mol. The van der Waals surface area contributed by atoms with Crippen LogP contribution in [0.1, 0.15) is 17.3 Å². The van der Waals surface area contributed by atoms with Gasteiger partial charge in [0.25, 0.3) is 5.91 Å². The molecule has 2 amide bonds. The highest BCUT2D eigenvalue weighted by Crippen LogP contribution is 2.15. The van der Waals surface area contributed by atoms with E-state index >= 15 is 0 Å². The van der Waals surface area contributed by atoms with Crippen LogP contribution in [-0.4, -0.2) is 62.3 Å². The number of piperazine rings is 1. The number of nitrogens with one attached hydrogen (secondary N) is 1. The fourth-order valence-corrected chi connectivity index (χ4v) is 3.77. The Morgan fingerprint density at radius 2 is 1.70 bits per heavy atom. The lowest BCUT2D eigenvalue weighted by Gasteiger charge is -2.37. The molecule has 1 fully saturated rings. The normalized spacial score (nSPS) is 16.2. The van der Waals surface area contributed by atoms with Crippen molar-refractivity contribution in [3.63, 3.8) is 0 Å². The molecule has 0 radical (unpaired) electrons. The van der Waals surface area contributed by atoms with Crippen molar-refractivity contribution in [1.82, 2.24) is 9.80 Å². The largest absolute Gasteiger partial charge is 0.336 e. The Bertz CT molecular complexity index is 1040. The van der Waals surface area contributed by atoms with E-state index in [1.807, 2.05) is 4.90 Å². The summed E-state index contributed by atoms with van der Waals surface area (Å²) < 4.78 is 36.0. The molecule has 1 saturated heterocycles. The number of rotatable bonds is 5. The molecule has 0 saturated carbocycles. The number of benzene rings is 2. The van der Waals surface area contributed by atoms with Crippen molar-refractivity contribution >= 4 is 27.5 Å². The fraction of sp³-hybridized carbons (Fsp3) is 0.300. The summed E-state index contributed by atoms with van der Waals surface area (Å²) in [6.45, 7) is 3.62. The Morgan fingerprint density at radius 1 is 1.07 bits per heavy atom. The van der Waals surface area contributed by atoms with Crippen molar-refractivity contribution in [3.05, 3.63) is 59.9 Å². The molecular formula is C20H23FN4O4S. The van der Waals surface area contributed by atoms with Gasteiger partial charge in [0.1, 0.15) is 5.82 Å². The third kappa shape index (κ3) is 5.21. The molecule has 3 rings (SSSR count). The molecule has 3 N–H and O–H groups in total. The molecule has 10 heteroatoms. The lowest BCUT2D eigenvalue weighted by atomic mass is 10.1. The molecule has 0 spiro atoms. The third-order valence-electron chi connectivity index (χ3n) is 5.05. The number of carbonyl (C=O) groups is 2. The zero-order valence-corrected chi connectivity index (χ0v) is 17.2. The van der Waals surface area contributed by atoms with Crippen LogP contribution >= 0.6 is 0 Å². The quantitative estimate of drug-likeness (QED) is 0.736. The highest BCUT2D eigenvalue weighted by molar-refractivity contribution is 7.89. The molecule has 2 aromatic carbocycles. The first-order valence-corrected chi connectivity index (χ1v) is 10.9. The molecule has 0 aliphatic carbocycles. The smallest absolute Gasteiger partial charge is 0.254 e. The number of halogens is 1. The van der Waals surface area contributed by atoms with E-state index in [2.05, 4.69) is 5.32 Å². The molecular weight excluding hydrogens is 411 g/mol. The van der Waals surface area contributed by atoms with E-state index in [0.29, 0.717) is 37.4 Å². The Hall–Kier alpha value is -2.82. The summed E-state index contributed by atoms with van der Waals surface area (Å²) in [6, 6.07) is 10.7. The number of nitrogens with two attached hydrogens (primary N) is 1. The molecule has 1 aliphatic rings. The number of anilines is 1. The summed E-state index contributed by atoms with van der Waals surface area (Å²) in [5.74, 6) is -0.939. The topological polar surface area (TPSA) is 113 Å². The molecule has 30 heavy (non-hydrogen) atoms. The van der Waals surface area contributed by atoms with Crippen molar-refractivity contribution < 1.29 is 22.4 Å². The average molecular weight is 434 g/mol. The molecule has 1 aliphatic heterocycles. The van der Waals surface area contributed by atoms with Gasteiger partial charge in [-0.2, -0.15) is 0 Å². The van der Waals surface area contributed by atoms with Crippen LogP contribution < -0.4 is 10.5 Å². The second-order valence-electron chi connectivity index (χ2n) is 7.07. The minimum Gasteiger partial charge on any atom is -0.336 e. The lowest BCUT2D eigenvalue weighted by Crippen LogP contribution is -2.54. The molecule has 2 aromatic rings. The lowest BCUT2D eigenvalue weighted by molar-refractivity contribution is -0.121. The second kappa shape index (κ2) is 8.90. The highest BCUT2D eigenvalue weighted by atomic mass is 32.2. The first kappa shape index (κ1) is 21.9. The Labute approximate surface area is 174 Å². The minimum atomic E-state index is -3.79. The number of carbonyl (C=O) groups excluding carboxylic acids is 2. The Balaban J connectivity index is 1.55. The first-order chi connectivity index (χ1) is 14.1. The number of primary sulfonamides is 1. The average Bonchev–Trinajstić information content (AvgIpc) is 2.72. The molecule has 1 heterocycles. The molecule has 8 nitrogen and oxygen atoms in total. The van der Waals surface area contributed by atoms with Crippen molar-refractivity contribution in [1.29, 1.82) is 0 Å². The van der Waals surface area contributed by atoms with Gasteiger partial charge in [-0.05, 0) is 49.4 Å². The van der Waals surface area contributed by atoms with Crippen molar-refractivity contribution in [2.24, 2.45) is 5.14 Å². The van der Waals surface area contributed by atoms with Crippen LogP contribution in [0.5, 0.6) is 0 Å². The molecule has 160 valence electrons. The molecule has 1 atom stereocenters. The summed E-state index contributed by atoms with van der Waals surface area (Å²) in [5.41, 5.74) is 0.761.